The number of aromatic hydroxyl groups is 2. The summed E-state index contributed by atoms with van der Waals surface area (Å²) in [4.78, 5) is 24.8. The molecule has 0 atom stereocenters. The van der Waals surface area contributed by atoms with E-state index >= 15 is 0 Å². The van der Waals surface area contributed by atoms with Gasteiger partial charge in [-0.05, 0) is 24.6 Å². The molecule has 19 heavy (non-hydrogen) atoms. The van der Waals surface area contributed by atoms with Crippen molar-refractivity contribution in [1.82, 2.24) is 4.90 Å². The van der Waals surface area contributed by atoms with Crippen molar-refractivity contribution in [3.05, 3.63) is 23.8 Å². The lowest BCUT2D eigenvalue weighted by Crippen LogP contribution is -2.36. The molecule has 0 saturated heterocycles. The van der Waals surface area contributed by atoms with Gasteiger partial charge in [0.1, 0.15) is 6.54 Å². The lowest BCUT2D eigenvalue weighted by Gasteiger charge is -2.20. The first-order valence-electron chi connectivity index (χ1n) is 5.87. The van der Waals surface area contributed by atoms with Crippen LogP contribution in [0.2, 0.25) is 0 Å². The Bertz CT molecular complexity index is 472. The summed E-state index contributed by atoms with van der Waals surface area (Å²) in [5.74, 6) is -1.58. The van der Waals surface area contributed by atoms with E-state index in [-0.39, 0.29) is 23.6 Å². The van der Waals surface area contributed by atoms with E-state index in [4.69, 9.17) is 0 Å². The fourth-order valence-electron chi connectivity index (χ4n) is 1.58. The lowest BCUT2D eigenvalue weighted by atomic mass is 10.1. The van der Waals surface area contributed by atoms with E-state index in [1.807, 2.05) is 6.92 Å². The van der Waals surface area contributed by atoms with Crippen molar-refractivity contribution in [2.75, 3.05) is 20.2 Å². The van der Waals surface area contributed by atoms with E-state index in [0.29, 0.717) is 13.0 Å². The Morgan fingerprint density at radius 2 is 1.95 bits per heavy atom. The third-order valence-corrected chi connectivity index (χ3v) is 2.55. The number of rotatable bonds is 5. The molecular weight excluding hydrogens is 250 g/mol. The third-order valence-electron chi connectivity index (χ3n) is 2.55. The monoisotopic (exact) mass is 267 g/mol. The first-order valence-corrected chi connectivity index (χ1v) is 5.87. The maximum absolute atomic E-state index is 12.2. The molecule has 0 aliphatic heterocycles. The Balaban J connectivity index is 2.91. The molecule has 1 amide bonds. The van der Waals surface area contributed by atoms with Crippen molar-refractivity contribution in [3.63, 3.8) is 0 Å². The van der Waals surface area contributed by atoms with Crippen molar-refractivity contribution in [2.24, 2.45) is 0 Å². The Labute approximate surface area is 111 Å². The zero-order chi connectivity index (χ0) is 14.4. The number of benzene rings is 1. The highest BCUT2D eigenvalue weighted by Gasteiger charge is 2.19. The molecule has 6 heteroatoms. The van der Waals surface area contributed by atoms with E-state index in [2.05, 4.69) is 4.74 Å². The number of nitrogens with zero attached hydrogens (tertiary/aromatic N) is 1. The first-order chi connectivity index (χ1) is 8.99. The van der Waals surface area contributed by atoms with Crippen LogP contribution in [0.3, 0.4) is 0 Å². The molecule has 0 bridgehead atoms. The number of phenols is 2. The molecule has 1 aromatic rings. The van der Waals surface area contributed by atoms with E-state index < -0.39 is 11.9 Å². The van der Waals surface area contributed by atoms with Crippen LogP contribution in [0.15, 0.2) is 18.2 Å². The van der Waals surface area contributed by atoms with Crippen LogP contribution in [0, 0.1) is 0 Å². The molecule has 0 spiro atoms. The molecule has 0 fully saturated rings. The van der Waals surface area contributed by atoms with Crippen LogP contribution in [-0.4, -0.2) is 47.2 Å². The molecule has 0 radical (unpaired) electrons. The average Bonchev–Trinajstić information content (AvgIpc) is 2.40. The van der Waals surface area contributed by atoms with Gasteiger partial charge in [-0.15, -0.1) is 0 Å². The normalized spacial score (nSPS) is 10.0. The van der Waals surface area contributed by atoms with E-state index in [9.17, 15) is 19.8 Å². The average molecular weight is 267 g/mol. The first kappa shape index (κ1) is 14.8. The van der Waals surface area contributed by atoms with E-state index in [1.165, 1.54) is 24.1 Å². The van der Waals surface area contributed by atoms with Gasteiger partial charge in [-0.1, -0.05) is 6.92 Å². The van der Waals surface area contributed by atoms with Crippen LogP contribution in [0.5, 0.6) is 11.5 Å². The van der Waals surface area contributed by atoms with E-state index in [1.54, 1.807) is 0 Å². The van der Waals surface area contributed by atoms with Crippen LogP contribution in [0.4, 0.5) is 0 Å². The zero-order valence-corrected chi connectivity index (χ0v) is 10.9. The number of esters is 1. The van der Waals surface area contributed by atoms with Crippen molar-refractivity contribution in [2.45, 2.75) is 13.3 Å². The number of methoxy groups -OCH3 is 1. The highest BCUT2D eigenvalue weighted by Crippen LogP contribution is 2.25. The van der Waals surface area contributed by atoms with Gasteiger partial charge in [0, 0.05) is 12.1 Å². The minimum absolute atomic E-state index is 0.148. The van der Waals surface area contributed by atoms with Gasteiger partial charge in [0.25, 0.3) is 5.91 Å². The van der Waals surface area contributed by atoms with Crippen LogP contribution >= 0.6 is 0 Å². The predicted molar refractivity (Wildman–Crippen MR) is 68.0 cm³/mol. The standard InChI is InChI=1S/C13H17NO5/c1-3-6-14(8-12(17)19-2)13(18)9-4-5-10(15)11(16)7-9/h4-5,7,15-16H,3,6,8H2,1-2H3. The van der Waals surface area contributed by atoms with Crippen molar-refractivity contribution >= 4 is 11.9 Å². The molecular formula is C13H17NO5. The minimum atomic E-state index is -0.509. The molecule has 104 valence electrons. The molecule has 0 saturated carbocycles. The Kier molecular flexibility index (Phi) is 5.17. The van der Waals surface area contributed by atoms with Crippen LogP contribution in [-0.2, 0) is 9.53 Å². The van der Waals surface area contributed by atoms with Crippen LogP contribution in [0.1, 0.15) is 23.7 Å². The summed E-state index contributed by atoms with van der Waals surface area (Å²) in [7, 11) is 1.25. The Morgan fingerprint density at radius 1 is 1.26 bits per heavy atom. The van der Waals surface area contributed by atoms with Gasteiger partial charge in [0.15, 0.2) is 11.5 Å². The number of hydrogen-bond donors (Lipinski definition) is 2. The molecule has 0 heterocycles. The Morgan fingerprint density at radius 3 is 2.47 bits per heavy atom. The van der Waals surface area contributed by atoms with Gasteiger partial charge in [-0.25, -0.2) is 0 Å². The van der Waals surface area contributed by atoms with Crippen LogP contribution < -0.4 is 0 Å². The molecule has 0 unspecified atom stereocenters. The largest absolute Gasteiger partial charge is 0.504 e. The maximum atomic E-state index is 12.2. The number of carbonyl (C=O) groups is 2. The van der Waals surface area contributed by atoms with Crippen molar-refractivity contribution in [1.29, 1.82) is 0 Å². The topological polar surface area (TPSA) is 87.1 Å². The molecule has 6 nitrogen and oxygen atoms in total. The van der Waals surface area contributed by atoms with Gasteiger partial charge < -0.3 is 19.8 Å². The van der Waals surface area contributed by atoms with Gasteiger partial charge in [-0.2, -0.15) is 0 Å². The van der Waals surface area contributed by atoms with E-state index in [0.717, 1.165) is 6.07 Å². The van der Waals surface area contributed by atoms with Crippen molar-refractivity contribution < 1.29 is 24.5 Å². The fraction of sp³-hybridized carbons (Fsp3) is 0.385. The number of carbonyl (C=O) groups excluding carboxylic acids is 2. The predicted octanol–water partition coefficient (Wildman–Crippen LogP) is 1.12. The second-order valence-corrected chi connectivity index (χ2v) is 4.01. The zero-order valence-electron chi connectivity index (χ0n) is 10.9. The highest BCUT2D eigenvalue weighted by atomic mass is 16.5. The van der Waals surface area contributed by atoms with Gasteiger partial charge in [-0.3, -0.25) is 9.59 Å². The van der Waals surface area contributed by atoms with Crippen molar-refractivity contribution in [3.8, 4) is 11.5 Å². The fourth-order valence-corrected chi connectivity index (χ4v) is 1.58. The summed E-state index contributed by atoms with van der Waals surface area (Å²) in [5.41, 5.74) is 0.202. The van der Waals surface area contributed by atoms with Gasteiger partial charge >= 0.3 is 5.97 Å². The molecule has 1 aromatic carbocycles. The molecule has 0 aliphatic carbocycles. The molecule has 2 N–H and O–H groups in total. The maximum Gasteiger partial charge on any atom is 0.325 e. The second kappa shape index (κ2) is 6.63. The van der Waals surface area contributed by atoms with Gasteiger partial charge in [0.2, 0.25) is 0 Å². The second-order valence-electron chi connectivity index (χ2n) is 4.01. The summed E-state index contributed by atoms with van der Waals surface area (Å²) in [5, 5.41) is 18.6. The lowest BCUT2D eigenvalue weighted by molar-refractivity contribution is -0.141. The smallest absolute Gasteiger partial charge is 0.325 e. The quantitative estimate of drug-likeness (QED) is 0.616. The SMILES string of the molecule is CCCN(CC(=O)OC)C(=O)c1ccc(O)c(O)c1. The minimum Gasteiger partial charge on any atom is -0.504 e. The molecule has 1 rings (SSSR count). The van der Waals surface area contributed by atoms with Crippen LogP contribution in [0.25, 0.3) is 0 Å². The summed E-state index contributed by atoms with van der Waals surface area (Å²) in [6.45, 7) is 2.13. The molecule has 0 aromatic heterocycles. The summed E-state index contributed by atoms with van der Waals surface area (Å²) in [6.07, 6.45) is 0.687. The Hall–Kier alpha value is -2.24. The highest BCUT2D eigenvalue weighted by molar-refractivity contribution is 5.96. The number of ether oxygens (including phenoxy) is 1. The summed E-state index contributed by atoms with van der Waals surface area (Å²) >= 11 is 0. The summed E-state index contributed by atoms with van der Waals surface area (Å²) < 4.78 is 4.53. The summed E-state index contributed by atoms with van der Waals surface area (Å²) in [6, 6.07) is 3.78. The molecule has 0 aliphatic rings. The number of phenolic OH excluding ortho intramolecular Hbond substituents is 2. The third kappa shape index (κ3) is 3.87. The number of hydrogen-bond acceptors (Lipinski definition) is 5. The van der Waals surface area contributed by atoms with Gasteiger partial charge in [0.05, 0.1) is 7.11 Å². The number of amides is 1.